The zero-order valence-corrected chi connectivity index (χ0v) is 12.1. The van der Waals surface area contributed by atoms with Crippen molar-refractivity contribution in [1.29, 1.82) is 0 Å². The van der Waals surface area contributed by atoms with Gasteiger partial charge in [-0.25, -0.2) is 0 Å². The normalized spacial score (nSPS) is 20.8. The van der Waals surface area contributed by atoms with E-state index in [1.807, 2.05) is 0 Å². The van der Waals surface area contributed by atoms with E-state index < -0.39 is 0 Å². The molecule has 100 valence electrons. The van der Waals surface area contributed by atoms with Gasteiger partial charge in [0.2, 0.25) is 0 Å². The highest BCUT2D eigenvalue weighted by atomic mass is 14.9. The summed E-state index contributed by atoms with van der Waals surface area (Å²) in [5.74, 6) is 1.54. The van der Waals surface area contributed by atoms with E-state index >= 15 is 0 Å². The van der Waals surface area contributed by atoms with Crippen molar-refractivity contribution < 1.29 is 0 Å². The van der Waals surface area contributed by atoms with Crippen molar-refractivity contribution in [3.05, 3.63) is 35.4 Å². The third-order valence-corrected chi connectivity index (χ3v) is 4.24. The fraction of sp³-hybridized carbons (Fsp3) is 0.647. The van der Waals surface area contributed by atoms with Crippen molar-refractivity contribution in [1.82, 2.24) is 5.32 Å². The van der Waals surface area contributed by atoms with Crippen LogP contribution in [-0.4, -0.2) is 12.6 Å². The quantitative estimate of drug-likeness (QED) is 0.831. The third-order valence-electron chi connectivity index (χ3n) is 4.24. The topological polar surface area (TPSA) is 12.0 Å². The summed E-state index contributed by atoms with van der Waals surface area (Å²) in [6.45, 7) is 8.11. The van der Waals surface area contributed by atoms with Crippen LogP contribution in [0.1, 0.15) is 44.7 Å². The van der Waals surface area contributed by atoms with Gasteiger partial charge in [-0.2, -0.15) is 0 Å². The maximum absolute atomic E-state index is 3.77. The van der Waals surface area contributed by atoms with Crippen molar-refractivity contribution in [2.45, 2.75) is 52.5 Å². The highest BCUT2D eigenvalue weighted by Gasteiger charge is 2.27. The lowest BCUT2D eigenvalue weighted by atomic mass is 9.77. The van der Waals surface area contributed by atoms with Crippen LogP contribution in [-0.2, 0) is 12.8 Å². The van der Waals surface area contributed by atoms with Gasteiger partial charge in [-0.3, -0.25) is 0 Å². The molecule has 1 nitrogen and oxygen atoms in total. The van der Waals surface area contributed by atoms with E-state index in [1.165, 1.54) is 25.7 Å². The second-order valence-corrected chi connectivity index (χ2v) is 6.00. The zero-order chi connectivity index (χ0) is 13.0. The van der Waals surface area contributed by atoms with Gasteiger partial charge >= 0.3 is 0 Å². The van der Waals surface area contributed by atoms with Gasteiger partial charge in [0.15, 0.2) is 0 Å². The largest absolute Gasteiger partial charge is 0.313 e. The van der Waals surface area contributed by atoms with Gasteiger partial charge in [-0.05, 0) is 55.2 Å². The molecule has 0 aromatic heterocycles. The molecule has 0 saturated carbocycles. The summed E-state index contributed by atoms with van der Waals surface area (Å²) < 4.78 is 0. The molecule has 1 heteroatoms. The lowest BCUT2D eigenvalue weighted by Gasteiger charge is -2.34. The molecule has 0 spiro atoms. The first-order chi connectivity index (χ1) is 8.72. The van der Waals surface area contributed by atoms with E-state index in [2.05, 4.69) is 50.4 Å². The van der Waals surface area contributed by atoms with Crippen molar-refractivity contribution in [3.8, 4) is 0 Å². The smallest absolute Gasteiger partial charge is 0.0122 e. The first-order valence-corrected chi connectivity index (χ1v) is 7.52. The van der Waals surface area contributed by atoms with E-state index in [0.717, 1.165) is 18.4 Å². The van der Waals surface area contributed by atoms with E-state index in [4.69, 9.17) is 0 Å². The molecular weight excluding hydrogens is 218 g/mol. The summed E-state index contributed by atoms with van der Waals surface area (Å²) in [5.41, 5.74) is 3.16. The minimum Gasteiger partial charge on any atom is -0.313 e. The number of fused-ring (bicyclic) bond motifs is 1. The minimum absolute atomic E-state index is 0.679. The van der Waals surface area contributed by atoms with Crippen molar-refractivity contribution in [2.24, 2.45) is 11.8 Å². The Morgan fingerprint density at radius 1 is 1.22 bits per heavy atom. The molecule has 1 aliphatic carbocycles. The summed E-state index contributed by atoms with van der Waals surface area (Å²) in [6, 6.07) is 9.66. The molecule has 2 unspecified atom stereocenters. The number of hydrogen-bond acceptors (Lipinski definition) is 1. The molecule has 1 N–H and O–H groups in total. The Hall–Kier alpha value is -0.820. The van der Waals surface area contributed by atoms with Crippen LogP contribution in [0.15, 0.2) is 24.3 Å². The van der Waals surface area contributed by atoms with Gasteiger partial charge in [0.05, 0.1) is 0 Å². The Bertz CT molecular complexity index is 370. The molecule has 0 fully saturated rings. The Labute approximate surface area is 112 Å². The van der Waals surface area contributed by atoms with Crippen LogP contribution in [0.3, 0.4) is 0 Å². The summed E-state index contributed by atoms with van der Waals surface area (Å²) in [7, 11) is 0. The molecule has 0 radical (unpaired) electrons. The van der Waals surface area contributed by atoms with Crippen molar-refractivity contribution in [3.63, 3.8) is 0 Å². The molecule has 1 aliphatic rings. The Balaban J connectivity index is 2.05. The van der Waals surface area contributed by atoms with Gasteiger partial charge in [-0.1, -0.05) is 45.0 Å². The minimum atomic E-state index is 0.679. The van der Waals surface area contributed by atoms with Crippen LogP contribution in [0.5, 0.6) is 0 Å². The Morgan fingerprint density at radius 2 is 1.94 bits per heavy atom. The van der Waals surface area contributed by atoms with Crippen LogP contribution < -0.4 is 5.32 Å². The molecule has 0 aliphatic heterocycles. The number of rotatable bonds is 5. The Morgan fingerprint density at radius 3 is 2.61 bits per heavy atom. The van der Waals surface area contributed by atoms with Gasteiger partial charge in [0.1, 0.15) is 0 Å². The number of hydrogen-bond donors (Lipinski definition) is 1. The molecule has 1 aromatic rings. The van der Waals surface area contributed by atoms with Gasteiger partial charge in [0.25, 0.3) is 0 Å². The van der Waals surface area contributed by atoms with Crippen LogP contribution in [0.25, 0.3) is 0 Å². The fourth-order valence-corrected chi connectivity index (χ4v) is 3.29. The lowest BCUT2D eigenvalue weighted by molar-refractivity contribution is 0.259. The Kier molecular flexibility index (Phi) is 4.82. The fourth-order valence-electron chi connectivity index (χ4n) is 3.29. The number of nitrogens with one attached hydrogen (secondary N) is 1. The van der Waals surface area contributed by atoms with Gasteiger partial charge in [0, 0.05) is 6.04 Å². The van der Waals surface area contributed by atoms with Gasteiger partial charge in [-0.15, -0.1) is 0 Å². The summed E-state index contributed by atoms with van der Waals surface area (Å²) in [5, 5.41) is 3.77. The molecule has 0 amide bonds. The maximum atomic E-state index is 3.77. The third kappa shape index (κ3) is 3.14. The molecule has 0 bridgehead atoms. The van der Waals surface area contributed by atoms with Crippen LogP contribution in [0, 0.1) is 11.8 Å². The molecular formula is C17H27N. The number of benzene rings is 1. The maximum Gasteiger partial charge on any atom is 0.0122 e. The molecule has 18 heavy (non-hydrogen) atoms. The lowest BCUT2D eigenvalue weighted by Crippen LogP contribution is -2.43. The van der Waals surface area contributed by atoms with Crippen molar-refractivity contribution in [2.75, 3.05) is 6.54 Å². The first-order valence-electron chi connectivity index (χ1n) is 7.52. The van der Waals surface area contributed by atoms with Gasteiger partial charge < -0.3 is 5.32 Å². The van der Waals surface area contributed by atoms with Crippen LogP contribution in [0.4, 0.5) is 0 Å². The van der Waals surface area contributed by atoms with E-state index in [0.29, 0.717) is 6.04 Å². The molecule has 2 rings (SSSR count). The highest BCUT2D eigenvalue weighted by Crippen LogP contribution is 2.29. The predicted molar refractivity (Wildman–Crippen MR) is 78.9 cm³/mol. The molecule has 1 aromatic carbocycles. The second-order valence-electron chi connectivity index (χ2n) is 6.00. The molecule has 0 saturated heterocycles. The second kappa shape index (κ2) is 6.38. The molecule has 0 heterocycles. The summed E-state index contributed by atoms with van der Waals surface area (Å²) in [6.07, 6.45) is 5.09. The average molecular weight is 245 g/mol. The van der Waals surface area contributed by atoms with E-state index in [9.17, 15) is 0 Å². The monoisotopic (exact) mass is 245 g/mol. The molecule has 2 atom stereocenters. The standard InChI is InChI=1S/C17H27N/c1-4-11-18-17(13(2)3)16-10-9-14-7-5-6-8-15(14)12-16/h5-8,13,16-18H,4,9-12H2,1-3H3. The highest BCUT2D eigenvalue weighted by molar-refractivity contribution is 5.30. The predicted octanol–water partition coefficient (Wildman–Crippen LogP) is 3.82. The summed E-state index contributed by atoms with van der Waals surface area (Å²) in [4.78, 5) is 0. The average Bonchev–Trinajstić information content (AvgIpc) is 2.38. The van der Waals surface area contributed by atoms with E-state index in [-0.39, 0.29) is 0 Å². The van der Waals surface area contributed by atoms with Crippen LogP contribution >= 0.6 is 0 Å². The first kappa shape index (κ1) is 13.6. The zero-order valence-electron chi connectivity index (χ0n) is 12.1. The number of aryl methyl sites for hydroxylation is 1. The van der Waals surface area contributed by atoms with Crippen molar-refractivity contribution >= 4 is 0 Å². The SMILES string of the molecule is CCCNC(C(C)C)C1CCc2ccccc2C1. The summed E-state index contributed by atoms with van der Waals surface area (Å²) >= 11 is 0. The van der Waals surface area contributed by atoms with E-state index in [1.54, 1.807) is 11.1 Å². The van der Waals surface area contributed by atoms with Crippen LogP contribution in [0.2, 0.25) is 0 Å².